The Morgan fingerprint density at radius 3 is 2.89 bits per heavy atom. The van der Waals surface area contributed by atoms with Crippen LogP contribution in [0.2, 0.25) is 0 Å². The molecule has 0 bridgehead atoms. The van der Waals surface area contributed by atoms with E-state index in [0.29, 0.717) is 18.8 Å². The van der Waals surface area contributed by atoms with Gasteiger partial charge in [0.15, 0.2) is 0 Å². The SMILES string of the molecule is CC1COCCN1S(=O)(=O)c1cc(CCl)ccc1F. The highest BCUT2D eigenvalue weighted by molar-refractivity contribution is 7.89. The minimum Gasteiger partial charge on any atom is -0.378 e. The number of sulfonamides is 1. The molecule has 0 radical (unpaired) electrons. The van der Waals surface area contributed by atoms with Crippen molar-refractivity contribution in [2.45, 2.75) is 23.7 Å². The van der Waals surface area contributed by atoms with Gasteiger partial charge in [-0.1, -0.05) is 6.07 Å². The summed E-state index contributed by atoms with van der Waals surface area (Å²) in [6.07, 6.45) is 0. The summed E-state index contributed by atoms with van der Waals surface area (Å²) in [6, 6.07) is 3.59. The van der Waals surface area contributed by atoms with Gasteiger partial charge < -0.3 is 4.74 Å². The molecule has 0 aliphatic carbocycles. The second kappa shape index (κ2) is 5.75. The second-order valence-electron chi connectivity index (χ2n) is 4.44. The first kappa shape index (κ1) is 14.7. The Morgan fingerprint density at radius 2 is 2.26 bits per heavy atom. The molecule has 1 fully saturated rings. The Morgan fingerprint density at radius 1 is 1.53 bits per heavy atom. The van der Waals surface area contributed by atoms with E-state index >= 15 is 0 Å². The first-order valence-corrected chi connectivity index (χ1v) is 7.88. The fourth-order valence-corrected chi connectivity index (χ4v) is 3.91. The molecule has 1 saturated heterocycles. The average Bonchev–Trinajstić information content (AvgIpc) is 2.39. The lowest BCUT2D eigenvalue weighted by molar-refractivity contribution is 0.0392. The Labute approximate surface area is 117 Å². The average molecular weight is 308 g/mol. The predicted molar refractivity (Wildman–Crippen MR) is 70.1 cm³/mol. The van der Waals surface area contributed by atoms with Crippen LogP contribution < -0.4 is 0 Å². The topological polar surface area (TPSA) is 46.6 Å². The van der Waals surface area contributed by atoms with E-state index in [2.05, 4.69) is 0 Å². The lowest BCUT2D eigenvalue weighted by Gasteiger charge is -2.32. The van der Waals surface area contributed by atoms with Crippen LogP contribution in [-0.4, -0.2) is 38.5 Å². The molecule has 4 nitrogen and oxygen atoms in total. The normalized spacial score (nSPS) is 21.5. The van der Waals surface area contributed by atoms with Crippen molar-refractivity contribution in [2.75, 3.05) is 19.8 Å². The van der Waals surface area contributed by atoms with Crippen molar-refractivity contribution in [3.63, 3.8) is 0 Å². The van der Waals surface area contributed by atoms with Crippen LogP contribution >= 0.6 is 11.6 Å². The maximum Gasteiger partial charge on any atom is 0.246 e. The van der Waals surface area contributed by atoms with Gasteiger partial charge in [0.1, 0.15) is 10.7 Å². The summed E-state index contributed by atoms with van der Waals surface area (Å²) >= 11 is 5.66. The van der Waals surface area contributed by atoms with E-state index in [4.69, 9.17) is 16.3 Å². The molecule has 19 heavy (non-hydrogen) atoms. The van der Waals surface area contributed by atoms with E-state index < -0.39 is 15.8 Å². The number of nitrogens with zero attached hydrogens (tertiary/aromatic N) is 1. The van der Waals surface area contributed by atoms with E-state index in [1.165, 1.54) is 16.4 Å². The highest BCUT2D eigenvalue weighted by Crippen LogP contribution is 2.24. The van der Waals surface area contributed by atoms with Crippen LogP contribution in [0.4, 0.5) is 4.39 Å². The summed E-state index contributed by atoms with van der Waals surface area (Å²) in [6.45, 7) is 2.60. The maximum absolute atomic E-state index is 13.8. The number of rotatable bonds is 3. The summed E-state index contributed by atoms with van der Waals surface area (Å²) in [5.41, 5.74) is 0.572. The fourth-order valence-electron chi connectivity index (χ4n) is 2.02. The molecule has 0 aromatic heterocycles. The van der Waals surface area contributed by atoms with Crippen LogP contribution in [0.25, 0.3) is 0 Å². The van der Waals surface area contributed by atoms with Gasteiger partial charge in [0.2, 0.25) is 10.0 Å². The summed E-state index contributed by atoms with van der Waals surface area (Å²) in [7, 11) is -3.85. The molecular formula is C12H15ClFNO3S. The quantitative estimate of drug-likeness (QED) is 0.802. The Bertz CT molecular complexity index is 564. The van der Waals surface area contributed by atoms with Crippen LogP contribution in [0.3, 0.4) is 0 Å². The van der Waals surface area contributed by atoms with Gasteiger partial charge in [-0.05, 0) is 24.6 Å². The van der Waals surface area contributed by atoms with E-state index in [1.807, 2.05) is 0 Å². The molecule has 1 aliphatic heterocycles. The molecule has 7 heteroatoms. The lowest BCUT2D eigenvalue weighted by Crippen LogP contribution is -2.47. The van der Waals surface area contributed by atoms with Gasteiger partial charge in [-0.2, -0.15) is 4.31 Å². The third-order valence-corrected chi connectivity index (χ3v) is 5.38. The third kappa shape index (κ3) is 2.91. The van der Waals surface area contributed by atoms with Crippen molar-refractivity contribution in [3.8, 4) is 0 Å². The zero-order chi connectivity index (χ0) is 14.0. The van der Waals surface area contributed by atoms with Crippen LogP contribution in [0.5, 0.6) is 0 Å². The molecular weight excluding hydrogens is 293 g/mol. The minimum atomic E-state index is -3.85. The molecule has 1 aromatic carbocycles. The van der Waals surface area contributed by atoms with E-state index in [0.717, 1.165) is 6.07 Å². The standard InChI is InChI=1S/C12H15ClFNO3S/c1-9-8-18-5-4-15(9)19(16,17)12-6-10(7-13)2-3-11(12)14/h2-3,6,9H,4-5,7-8H2,1H3. The molecule has 1 aromatic rings. The van der Waals surface area contributed by atoms with Crippen LogP contribution in [0.1, 0.15) is 12.5 Å². The Hall–Kier alpha value is -0.690. The van der Waals surface area contributed by atoms with Crippen molar-refractivity contribution in [1.29, 1.82) is 0 Å². The van der Waals surface area contributed by atoms with Gasteiger partial charge in [-0.25, -0.2) is 12.8 Å². The smallest absolute Gasteiger partial charge is 0.246 e. The van der Waals surface area contributed by atoms with Crippen LogP contribution in [0.15, 0.2) is 23.1 Å². The molecule has 1 aliphatic rings. The summed E-state index contributed by atoms with van der Waals surface area (Å²) in [5.74, 6) is -0.617. The number of morpholine rings is 1. The third-order valence-electron chi connectivity index (χ3n) is 3.04. The number of hydrogen-bond acceptors (Lipinski definition) is 3. The summed E-state index contributed by atoms with van der Waals surface area (Å²) < 4.78 is 45.2. The number of alkyl halides is 1. The molecule has 0 N–H and O–H groups in total. The molecule has 1 heterocycles. The first-order chi connectivity index (χ1) is 8.96. The monoisotopic (exact) mass is 307 g/mol. The highest BCUT2D eigenvalue weighted by Gasteiger charge is 2.33. The van der Waals surface area contributed by atoms with Crippen LogP contribution in [0, 0.1) is 5.82 Å². The van der Waals surface area contributed by atoms with Gasteiger partial charge in [0.25, 0.3) is 0 Å². The van der Waals surface area contributed by atoms with Gasteiger partial charge in [-0.3, -0.25) is 0 Å². The van der Waals surface area contributed by atoms with Crippen molar-refractivity contribution in [2.24, 2.45) is 0 Å². The summed E-state index contributed by atoms with van der Waals surface area (Å²) in [5, 5.41) is 0. The van der Waals surface area contributed by atoms with Gasteiger partial charge in [-0.15, -0.1) is 11.6 Å². The Balaban J connectivity index is 2.43. The maximum atomic E-state index is 13.8. The van der Waals surface area contributed by atoms with Gasteiger partial charge in [0.05, 0.1) is 13.2 Å². The van der Waals surface area contributed by atoms with Crippen molar-refractivity contribution < 1.29 is 17.5 Å². The molecule has 1 atom stereocenters. The van der Waals surface area contributed by atoms with Crippen molar-refractivity contribution in [1.82, 2.24) is 4.31 Å². The molecule has 2 rings (SSSR count). The highest BCUT2D eigenvalue weighted by atomic mass is 35.5. The number of benzene rings is 1. The second-order valence-corrected chi connectivity index (χ2v) is 6.56. The molecule has 0 saturated carbocycles. The predicted octanol–water partition coefficient (Wildman–Crippen LogP) is 1.97. The number of hydrogen-bond donors (Lipinski definition) is 0. The zero-order valence-electron chi connectivity index (χ0n) is 10.5. The number of ether oxygens (including phenoxy) is 1. The van der Waals surface area contributed by atoms with Crippen molar-refractivity contribution >= 4 is 21.6 Å². The minimum absolute atomic E-state index is 0.140. The zero-order valence-corrected chi connectivity index (χ0v) is 12.0. The van der Waals surface area contributed by atoms with E-state index in [-0.39, 0.29) is 23.4 Å². The molecule has 106 valence electrons. The van der Waals surface area contributed by atoms with Gasteiger partial charge >= 0.3 is 0 Å². The van der Waals surface area contributed by atoms with Gasteiger partial charge in [0, 0.05) is 18.5 Å². The largest absolute Gasteiger partial charge is 0.378 e. The first-order valence-electron chi connectivity index (χ1n) is 5.91. The van der Waals surface area contributed by atoms with E-state index in [9.17, 15) is 12.8 Å². The fraction of sp³-hybridized carbons (Fsp3) is 0.500. The Kier molecular flexibility index (Phi) is 4.45. The van der Waals surface area contributed by atoms with Crippen LogP contribution in [-0.2, 0) is 20.6 Å². The van der Waals surface area contributed by atoms with E-state index in [1.54, 1.807) is 6.92 Å². The molecule has 0 spiro atoms. The molecule has 1 unspecified atom stereocenters. The molecule has 0 amide bonds. The lowest BCUT2D eigenvalue weighted by atomic mass is 10.2. The summed E-state index contributed by atoms with van der Waals surface area (Å²) in [4.78, 5) is -0.320. The number of halogens is 2. The van der Waals surface area contributed by atoms with Crippen molar-refractivity contribution in [3.05, 3.63) is 29.6 Å².